The highest BCUT2D eigenvalue weighted by atomic mass is 32.2. The van der Waals surface area contributed by atoms with E-state index in [0.717, 1.165) is 18.4 Å². The smallest absolute Gasteiger partial charge is 0.246 e. The second-order valence-electron chi connectivity index (χ2n) is 7.91. The standard InChI is InChI=1S/C22H27FN2O3S/c1-14(26)29-19-10-11-25(13-16(19)12-20(27)24(2)3)21(22(28)15-8-9-15)17-6-4-5-7-18(17)23/h4-7,12,15,19,21H,8-11,13H2,1-3H3. The van der Waals surface area contributed by atoms with Crippen LogP contribution < -0.4 is 0 Å². The van der Waals surface area contributed by atoms with Gasteiger partial charge in [-0.3, -0.25) is 19.3 Å². The van der Waals surface area contributed by atoms with E-state index in [1.807, 2.05) is 4.90 Å². The Bertz CT molecular complexity index is 835. The Morgan fingerprint density at radius 3 is 2.48 bits per heavy atom. The second kappa shape index (κ2) is 9.22. The fourth-order valence-electron chi connectivity index (χ4n) is 3.68. The zero-order valence-electron chi connectivity index (χ0n) is 17.1. The number of thioether (sulfide) groups is 1. The van der Waals surface area contributed by atoms with Crippen LogP contribution in [-0.4, -0.2) is 59.0 Å². The molecule has 1 amide bonds. The Balaban J connectivity index is 1.92. The van der Waals surface area contributed by atoms with Gasteiger partial charge in [0, 0.05) is 56.9 Å². The number of likely N-dealkylation sites (N-methyl/N-ethyl adjacent to an activating group) is 1. The fraction of sp³-hybridized carbons (Fsp3) is 0.500. The molecule has 0 spiro atoms. The minimum Gasteiger partial charge on any atom is -0.345 e. The van der Waals surface area contributed by atoms with Crippen molar-refractivity contribution in [3.05, 3.63) is 47.3 Å². The number of likely N-dealkylation sites (tertiary alicyclic amines) is 1. The molecule has 2 atom stereocenters. The summed E-state index contributed by atoms with van der Waals surface area (Å²) in [6.07, 6.45) is 3.89. The molecule has 0 N–H and O–H groups in total. The van der Waals surface area contributed by atoms with Crippen LogP contribution in [0.1, 0.15) is 37.8 Å². The van der Waals surface area contributed by atoms with Crippen LogP contribution in [-0.2, 0) is 14.4 Å². The molecule has 1 aliphatic heterocycles. The molecule has 2 fully saturated rings. The van der Waals surface area contributed by atoms with Gasteiger partial charge in [0.2, 0.25) is 5.91 Å². The van der Waals surface area contributed by atoms with Crippen molar-refractivity contribution in [2.75, 3.05) is 27.2 Å². The van der Waals surface area contributed by atoms with Crippen molar-refractivity contribution in [3.8, 4) is 0 Å². The third-order valence-electron chi connectivity index (χ3n) is 5.35. The first kappa shape index (κ1) is 21.7. The van der Waals surface area contributed by atoms with E-state index in [-0.39, 0.29) is 33.8 Å². The number of Topliss-reactive ketones (excluding diaryl/α,β-unsaturated/α-hetero) is 1. The van der Waals surface area contributed by atoms with Gasteiger partial charge < -0.3 is 4.90 Å². The van der Waals surface area contributed by atoms with E-state index in [1.165, 1.54) is 29.7 Å². The van der Waals surface area contributed by atoms with Gasteiger partial charge in [-0.1, -0.05) is 30.0 Å². The summed E-state index contributed by atoms with van der Waals surface area (Å²) in [6, 6.07) is 5.76. The fourth-order valence-corrected chi connectivity index (χ4v) is 4.60. The number of hydrogen-bond donors (Lipinski definition) is 0. The first-order valence-corrected chi connectivity index (χ1v) is 10.8. The minimum absolute atomic E-state index is 0.00800. The Morgan fingerprint density at radius 2 is 1.90 bits per heavy atom. The quantitative estimate of drug-likeness (QED) is 0.664. The van der Waals surface area contributed by atoms with Crippen molar-refractivity contribution in [2.45, 2.75) is 37.5 Å². The topological polar surface area (TPSA) is 57.7 Å². The zero-order valence-corrected chi connectivity index (χ0v) is 17.9. The molecule has 1 aromatic carbocycles. The molecule has 1 aromatic rings. The molecule has 1 saturated carbocycles. The van der Waals surface area contributed by atoms with E-state index in [4.69, 9.17) is 0 Å². The summed E-state index contributed by atoms with van der Waals surface area (Å²) in [7, 11) is 3.35. The molecule has 1 heterocycles. The van der Waals surface area contributed by atoms with Crippen molar-refractivity contribution >= 4 is 28.6 Å². The number of rotatable bonds is 6. The summed E-state index contributed by atoms with van der Waals surface area (Å²) < 4.78 is 14.6. The van der Waals surface area contributed by atoms with E-state index in [9.17, 15) is 18.8 Å². The summed E-state index contributed by atoms with van der Waals surface area (Å²) in [4.78, 5) is 40.5. The number of hydrogen-bond acceptors (Lipinski definition) is 5. The monoisotopic (exact) mass is 418 g/mol. The highest BCUT2D eigenvalue weighted by Crippen LogP contribution is 2.40. The minimum atomic E-state index is -0.662. The Labute approximate surface area is 175 Å². The molecule has 1 aliphatic carbocycles. The third kappa shape index (κ3) is 5.34. The van der Waals surface area contributed by atoms with Gasteiger partial charge >= 0.3 is 0 Å². The molecular formula is C22H27FN2O3S. The maximum atomic E-state index is 14.6. The first-order valence-electron chi connectivity index (χ1n) is 9.89. The average Bonchev–Trinajstić information content (AvgIpc) is 3.50. The van der Waals surface area contributed by atoms with Gasteiger partial charge in [0.25, 0.3) is 0 Å². The van der Waals surface area contributed by atoms with Crippen molar-refractivity contribution in [2.24, 2.45) is 5.92 Å². The number of nitrogens with zero attached hydrogens (tertiary/aromatic N) is 2. The summed E-state index contributed by atoms with van der Waals surface area (Å²) >= 11 is 1.21. The summed E-state index contributed by atoms with van der Waals surface area (Å²) in [5, 5.41) is -0.115. The summed E-state index contributed by atoms with van der Waals surface area (Å²) in [5.41, 5.74) is 1.19. The Kier molecular flexibility index (Phi) is 6.90. The number of amides is 1. The van der Waals surface area contributed by atoms with E-state index < -0.39 is 6.04 Å². The van der Waals surface area contributed by atoms with Crippen LogP contribution in [0.25, 0.3) is 0 Å². The van der Waals surface area contributed by atoms with Crippen molar-refractivity contribution in [1.29, 1.82) is 0 Å². The van der Waals surface area contributed by atoms with Gasteiger partial charge in [-0.05, 0) is 30.9 Å². The molecule has 0 radical (unpaired) electrons. The van der Waals surface area contributed by atoms with Gasteiger partial charge in [0.1, 0.15) is 5.82 Å². The van der Waals surface area contributed by atoms with Crippen molar-refractivity contribution in [1.82, 2.24) is 9.80 Å². The van der Waals surface area contributed by atoms with Crippen molar-refractivity contribution < 1.29 is 18.8 Å². The maximum absolute atomic E-state index is 14.6. The largest absolute Gasteiger partial charge is 0.345 e. The molecule has 1 saturated heterocycles. The molecule has 2 aliphatic rings. The van der Waals surface area contributed by atoms with Gasteiger partial charge in [-0.15, -0.1) is 0 Å². The molecule has 5 nitrogen and oxygen atoms in total. The van der Waals surface area contributed by atoms with Gasteiger partial charge in [0.15, 0.2) is 10.9 Å². The van der Waals surface area contributed by atoms with E-state index >= 15 is 0 Å². The Morgan fingerprint density at radius 1 is 1.21 bits per heavy atom. The predicted molar refractivity (Wildman–Crippen MR) is 112 cm³/mol. The number of carbonyl (C=O) groups excluding carboxylic acids is 3. The number of carbonyl (C=O) groups is 3. The van der Waals surface area contributed by atoms with Crippen LogP contribution in [0.4, 0.5) is 4.39 Å². The van der Waals surface area contributed by atoms with Crippen LogP contribution in [0, 0.1) is 11.7 Å². The van der Waals surface area contributed by atoms with Crippen LogP contribution in [0.2, 0.25) is 0 Å². The zero-order chi connectivity index (χ0) is 21.1. The average molecular weight is 419 g/mol. The van der Waals surface area contributed by atoms with Crippen LogP contribution in [0.5, 0.6) is 0 Å². The predicted octanol–water partition coefficient (Wildman–Crippen LogP) is 3.21. The maximum Gasteiger partial charge on any atom is 0.246 e. The summed E-state index contributed by atoms with van der Waals surface area (Å²) in [5.74, 6) is -0.514. The van der Waals surface area contributed by atoms with Crippen LogP contribution >= 0.6 is 11.8 Å². The number of benzene rings is 1. The first-order chi connectivity index (χ1) is 13.8. The molecule has 3 rings (SSSR count). The van der Waals surface area contributed by atoms with E-state index in [1.54, 1.807) is 38.4 Å². The highest BCUT2D eigenvalue weighted by molar-refractivity contribution is 8.14. The lowest BCUT2D eigenvalue weighted by molar-refractivity contribution is -0.126. The third-order valence-corrected chi connectivity index (χ3v) is 6.50. The molecule has 7 heteroatoms. The summed E-state index contributed by atoms with van der Waals surface area (Å²) in [6.45, 7) is 2.44. The second-order valence-corrected chi connectivity index (χ2v) is 9.29. The van der Waals surface area contributed by atoms with Gasteiger partial charge in [0.05, 0.1) is 6.04 Å². The lowest BCUT2D eigenvalue weighted by Gasteiger charge is -2.38. The van der Waals surface area contributed by atoms with Gasteiger partial charge in [-0.2, -0.15) is 0 Å². The lowest BCUT2D eigenvalue weighted by atomic mass is 9.93. The molecular weight excluding hydrogens is 391 g/mol. The van der Waals surface area contributed by atoms with Crippen LogP contribution in [0.3, 0.4) is 0 Å². The van der Waals surface area contributed by atoms with Crippen molar-refractivity contribution in [3.63, 3.8) is 0 Å². The number of piperidine rings is 1. The molecule has 29 heavy (non-hydrogen) atoms. The molecule has 0 bridgehead atoms. The highest BCUT2D eigenvalue weighted by Gasteiger charge is 2.41. The van der Waals surface area contributed by atoms with Crippen LogP contribution in [0.15, 0.2) is 35.9 Å². The SMILES string of the molecule is CC(=O)SC1CCN(C(C(=O)C2CC2)c2ccccc2F)CC1=CC(=O)N(C)C. The van der Waals surface area contributed by atoms with Gasteiger partial charge in [-0.25, -0.2) is 4.39 Å². The van der Waals surface area contributed by atoms with E-state index in [2.05, 4.69) is 0 Å². The number of ketones is 1. The Hall–Kier alpha value is -1.99. The lowest BCUT2D eigenvalue weighted by Crippen LogP contribution is -2.43. The molecule has 0 aromatic heterocycles. The molecule has 2 unspecified atom stereocenters. The normalized spacial score (nSPS) is 22.3. The molecule has 156 valence electrons. The number of halogens is 1. The van der Waals surface area contributed by atoms with E-state index in [0.29, 0.717) is 25.1 Å².